The molecule has 0 bridgehead atoms. The molecule has 1 heterocycles. The van der Waals surface area contributed by atoms with Gasteiger partial charge in [0.15, 0.2) is 0 Å². The van der Waals surface area contributed by atoms with E-state index in [0.29, 0.717) is 12.5 Å². The van der Waals surface area contributed by atoms with Gasteiger partial charge in [-0.1, -0.05) is 35.4 Å². The fourth-order valence-corrected chi connectivity index (χ4v) is 3.62. The second-order valence-corrected chi connectivity index (χ2v) is 7.50. The highest BCUT2D eigenvalue weighted by molar-refractivity contribution is 6.30. The molecule has 1 aliphatic rings. The summed E-state index contributed by atoms with van der Waals surface area (Å²) in [5, 5.41) is 3.89. The topological polar surface area (TPSA) is 32.3 Å². The van der Waals surface area contributed by atoms with Crippen LogP contribution in [0.25, 0.3) is 0 Å². The van der Waals surface area contributed by atoms with E-state index < -0.39 is 0 Å². The summed E-state index contributed by atoms with van der Waals surface area (Å²) < 4.78 is 0. The van der Waals surface area contributed by atoms with Crippen molar-refractivity contribution in [2.75, 3.05) is 24.5 Å². The Hall–Kier alpha value is -2.00. The third-order valence-electron chi connectivity index (χ3n) is 4.99. The number of amides is 1. The molecule has 4 heteroatoms. The Balaban J connectivity index is 1.59. The van der Waals surface area contributed by atoms with Crippen molar-refractivity contribution < 1.29 is 4.79 Å². The normalized spacial score (nSPS) is 17.0. The van der Waals surface area contributed by atoms with Gasteiger partial charge in [0, 0.05) is 35.9 Å². The van der Waals surface area contributed by atoms with Crippen LogP contribution in [0.1, 0.15) is 33.5 Å². The summed E-state index contributed by atoms with van der Waals surface area (Å²) in [4.78, 5) is 14.9. The van der Waals surface area contributed by atoms with Crippen LogP contribution in [0.15, 0.2) is 36.4 Å². The third kappa shape index (κ3) is 4.16. The number of carbonyl (C=O) groups is 1. The maximum Gasteiger partial charge on any atom is 0.251 e. The number of nitrogens with zero attached hydrogens (tertiary/aromatic N) is 1. The van der Waals surface area contributed by atoms with E-state index in [0.717, 1.165) is 41.2 Å². The fraction of sp³-hybridized carbons (Fsp3) is 0.381. The minimum Gasteiger partial charge on any atom is -0.371 e. The molecule has 0 spiro atoms. The molecule has 1 N–H and O–H groups in total. The van der Waals surface area contributed by atoms with E-state index >= 15 is 0 Å². The largest absolute Gasteiger partial charge is 0.371 e. The second-order valence-electron chi connectivity index (χ2n) is 7.06. The van der Waals surface area contributed by atoms with Gasteiger partial charge < -0.3 is 10.2 Å². The van der Waals surface area contributed by atoms with Gasteiger partial charge >= 0.3 is 0 Å². The maximum absolute atomic E-state index is 12.5. The highest BCUT2D eigenvalue weighted by Crippen LogP contribution is 2.29. The molecule has 3 rings (SSSR count). The SMILES string of the molecule is Cc1ccc(C)c(C(=O)NCC2CCN(c3cc(Cl)ccc3C)C2)c1. The molecular formula is C21H25ClN2O. The molecule has 132 valence electrons. The van der Waals surface area contributed by atoms with Crippen molar-refractivity contribution >= 4 is 23.2 Å². The van der Waals surface area contributed by atoms with Crippen molar-refractivity contribution in [2.45, 2.75) is 27.2 Å². The summed E-state index contributed by atoms with van der Waals surface area (Å²) in [6, 6.07) is 12.0. The summed E-state index contributed by atoms with van der Waals surface area (Å²) in [5.74, 6) is 0.492. The van der Waals surface area contributed by atoms with Crippen molar-refractivity contribution in [3.8, 4) is 0 Å². The van der Waals surface area contributed by atoms with Crippen LogP contribution in [-0.4, -0.2) is 25.5 Å². The van der Waals surface area contributed by atoms with Gasteiger partial charge in [-0.2, -0.15) is 0 Å². The van der Waals surface area contributed by atoms with Gasteiger partial charge in [-0.15, -0.1) is 0 Å². The lowest BCUT2D eigenvalue weighted by Gasteiger charge is -2.21. The molecule has 25 heavy (non-hydrogen) atoms. The lowest BCUT2D eigenvalue weighted by molar-refractivity contribution is 0.0947. The molecule has 2 aromatic rings. The van der Waals surface area contributed by atoms with Crippen LogP contribution in [0.3, 0.4) is 0 Å². The van der Waals surface area contributed by atoms with Gasteiger partial charge in [-0.05, 0) is 62.4 Å². The first-order valence-corrected chi connectivity index (χ1v) is 9.18. The van der Waals surface area contributed by atoms with E-state index in [1.807, 2.05) is 44.2 Å². The fourth-order valence-electron chi connectivity index (χ4n) is 3.45. The van der Waals surface area contributed by atoms with Crippen molar-refractivity contribution in [2.24, 2.45) is 5.92 Å². The number of nitrogens with one attached hydrogen (secondary N) is 1. The third-order valence-corrected chi connectivity index (χ3v) is 5.22. The number of rotatable bonds is 4. The average Bonchev–Trinajstić information content (AvgIpc) is 3.06. The number of hydrogen-bond donors (Lipinski definition) is 1. The van der Waals surface area contributed by atoms with E-state index in [1.165, 1.54) is 11.3 Å². The number of halogens is 1. The molecule has 1 aliphatic heterocycles. The van der Waals surface area contributed by atoms with Crippen molar-refractivity contribution in [3.63, 3.8) is 0 Å². The number of hydrogen-bond acceptors (Lipinski definition) is 2. The van der Waals surface area contributed by atoms with Crippen LogP contribution in [0.4, 0.5) is 5.69 Å². The zero-order valence-electron chi connectivity index (χ0n) is 15.1. The van der Waals surface area contributed by atoms with Gasteiger partial charge in [0.05, 0.1) is 0 Å². The predicted molar refractivity (Wildman–Crippen MR) is 105 cm³/mol. The van der Waals surface area contributed by atoms with E-state index in [4.69, 9.17) is 11.6 Å². The highest BCUT2D eigenvalue weighted by Gasteiger charge is 2.24. The average molecular weight is 357 g/mol. The molecule has 0 aliphatic carbocycles. The quantitative estimate of drug-likeness (QED) is 0.873. The first kappa shape index (κ1) is 17.8. The van der Waals surface area contributed by atoms with Gasteiger partial charge in [0.1, 0.15) is 0 Å². The van der Waals surface area contributed by atoms with Crippen LogP contribution >= 0.6 is 11.6 Å². The van der Waals surface area contributed by atoms with Crippen LogP contribution in [0, 0.1) is 26.7 Å². The molecule has 1 saturated heterocycles. The highest BCUT2D eigenvalue weighted by atomic mass is 35.5. The molecular weight excluding hydrogens is 332 g/mol. The van der Waals surface area contributed by atoms with E-state index in [1.54, 1.807) is 0 Å². The molecule has 0 radical (unpaired) electrons. The molecule has 2 aromatic carbocycles. The number of aryl methyl sites for hydroxylation is 3. The molecule has 1 amide bonds. The Bertz CT molecular complexity index is 787. The zero-order chi connectivity index (χ0) is 18.0. The Kier molecular flexibility index (Phi) is 5.33. The molecule has 1 fully saturated rings. The second kappa shape index (κ2) is 7.49. The number of benzene rings is 2. The summed E-state index contributed by atoms with van der Waals surface area (Å²) in [6.07, 6.45) is 1.08. The lowest BCUT2D eigenvalue weighted by atomic mass is 10.0. The van der Waals surface area contributed by atoms with Crippen molar-refractivity contribution in [1.82, 2.24) is 5.32 Å². The summed E-state index contributed by atoms with van der Waals surface area (Å²) in [5.41, 5.74) is 5.35. The van der Waals surface area contributed by atoms with Gasteiger partial charge in [-0.25, -0.2) is 0 Å². The van der Waals surface area contributed by atoms with Crippen LogP contribution in [-0.2, 0) is 0 Å². The number of anilines is 1. The Morgan fingerprint density at radius 2 is 1.92 bits per heavy atom. The standard InChI is InChI=1S/C21H25ClN2O/c1-14-4-5-15(2)19(10-14)21(25)23-12-17-8-9-24(13-17)20-11-18(22)7-6-16(20)3/h4-7,10-11,17H,8-9,12-13H2,1-3H3,(H,23,25). The minimum absolute atomic E-state index is 0.0265. The molecule has 1 atom stereocenters. The first-order valence-electron chi connectivity index (χ1n) is 8.80. The Morgan fingerprint density at radius 1 is 1.16 bits per heavy atom. The number of carbonyl (C=O) groups excluding carboxylic acids is 1. The predicted octanol–water partition coefficient (Wildman–Crippen LogP) is 4.52. The first-order chi connectivity index (χ1) is 11.9. The summed E-state index contributed by atoms with van der Waals surface area (Å²) in [7, 11) is 0. The van der Waals surface area contributed by atoms with E-state index in [-0.39, 0.29) is 5.91 Å². The minimum atomic E-state index is 0.0265. The van der Waals surface area contributed by atoms with Gasteiger partial charge in [0.2, 0.25) is 0 Å². The zero-order valence-corrected chi connectivity index (χ0v) is 15.9. The maximum atomic E-state index is 12.5. The molecule has 0 saturated carbocycles. The van der Waals surface area contributed by atoms with Gasteiger partial charge in [-0.3, -0.25) is 4.79 Å². The monoisotopic (exact) mass is 356 g/mol. The smallest absolute Gasteiger partial charge is 0.251 e. The Labute approximate surface area is 155 Å². The molecule has 3 nitrogen and oxygen atoms in total. The summed E-state index contributed by atoms with van der Waals surface area (Å²) in [6.45, 7) is 8.77. The van der Waals surface area contributed by atoms with Crippen molar-refractivity contribution in [3.05, 3.63) is 63.7 Å². The van der Waals surface area contributed by atoms with E-state index in [2.05, 4.69) is 23.2 Å². The molecule has 0 aromatic heterocycles. The molecule has 1 unspecified atom stereocenters. The summed E-state index contributed by atoms with van der Waals surface area (Å²) >= 11 is 6.15. The lowest BCUT2D eigenvalue weighted by Crippen LogP contribution is -2.31. The Morgan fingerprint density at radius 3 is 2.72 bits per heavy atom. The van der Waals surface area contributed by atoms with Gasteiger partial charge in [0.25, 0.3) is 5.91 Å². The van der Waals surface area contributed by atoms with Crippen LogP contribution < -0.4 is 10.2 Å². The van der Waals surface area contributed by atoms with Crippen LogP contribution in [0.2, 0.25) is 5.02 Å². The van der Waals surface area contributed by atoms with Crippen LogP contribution in [0.5, 0.6) is 0 Å². The van der Waals surface area contributed by atoms with E-state index in [9.17, 15) is 4.79 Å². The van der Waals surface area contributed by atoms with Crippen molar-refractivity contribution in [1.29, 1.82) is 0 Å².